The molecule has 0 aromatic carbocycles. The van der Waals surface area contributed by atoms with Crippen LogP contribution in [0, 0.1) is 11.3 Å². The average Bonchev–Trinajstić information content (AvgIpc) is 2.72. The fourth-order valence-corrected chi connectivity index (χ4v) is 1.62. The summed E-state index contributed by atoms with van der Waals surface area (Å²) >= 11 is 0. The minimum Gasteiger partial charge on any atom is -0.330 e. The molecule has 0 saturated carbocycles. The maximum absolute atomic E-state index is 9.20. The van der Waals surface area contributed by atoms with Gasteiger partial charge < -0.3 is 9.47 Å². The van der Waals surface area contributed by atoms with Gasteiger partial charge in [0, 0.05) is 19.1 Å². The molecule has 0 radical (unpaired) electrons. The number of nitrogens with one attached hydrogen (secondary N) is 1. The van der Waals surface area contributed by atoms with Crippen molar-refractivity contribution >= 4 is 0 Å². The minimum atomic E-state index is -0.292. The van der Waals surface area contributed by atoms with Crippen molar-refractivity contribution in [2.45, 2.75) is 25.9 Å². The molecule has 0 fully saturated rings. The lowest BCUT2D eigenvalue weighted by molar-refractivity contribution is 0.391. The van der Waals surface area contributed by atoms with Crippen molar-refractivity contribution in [1.82, 2.24) is 19.8 Å². The van der Waals surface area contributed by atoms with Gasteiger partial charge in [0.2, 0.25) is 0 Å². The van der Waals surface area contributed by atoms with Crippen molar-refractivity contribution in [3.8, 4) is 6.07 Å². The Labute approximate surface area is 103 Å². The Morgan fingerprint density at radius 2 is 2.24 bits per heavy atom. The fraction of sp³-hybridized carbons (Fsp3) is 0.667. The molecule has 17 heavy (non-hydrogen) atoms. The molecule has 5 nitrogen and oxygen atoms in total. The molecule has 1 aromatic rings. The van der Waals surface area contributed by atoms with Crippen LogP contribution in [0.2, 0.25) is 0 Å². The molecule has 0 amide bonds. The Morgan fingerprint density at radius 3 is 2.76 bits per heavy atom. The smallest absolute Gasteiger partial charge is 0.138 e. The number of hydrogen-bond donors (Lipinski definition) is 1. The second kappa shape index (κ2) is 6.38. The Morgan fingerprint density at radius 1 is 1.53 bits per heavy atom. The molecule has 1 rings (SSSR count). The van der Waals surface area contributed by atoms with Crippen molar-refractivity contribution in [3.05, 3.63) is 18.2 Å². The van der Waals surface area contributed by atoms with E-state index in [1.165, 1.54) is 0 Å². The van der Waals surface area contributed by atoms with E-state index < -0.39 is 0 Å². The van der Waals surface area contributed by atoms with Gasteiger partial charge in [-0.25, -0.2) is 4.98 Å². The average molecular weight is 235 g/mol. The third-order valence-corrected chi connectivity index (χ3v) is 2.58. The van der Waals surface area contributed by atoms with E-state index in [2.05, 4.69) is 35.1 Å². The standard InChI is InChI=1S/C12H21N5/c1-10(2)17-9-14-8-12(17)11(7-13)15-5-6-16(3)4/h8-11,15H,5-6H2,1-4H3. The van der Waals surface area contributed by atoms with E-state index in [-0.39, 0.29) is 6.04 Å². The molecule has 0 bridgehead atoms. The van der Waals surface area contributed by atoms with Crippen LogP contribution in [0.4, 0.5) is 0 Å². The summed E-state index contributed by atoms with van der Waals surface area (Å²) in [6.07, 6.45) is 3.54. The monoisotopic (exact) mass is 235 g/mol. The highest BCUT2D eigenvalue weighted by Gasteiger charge is 2.15. The predicted molar refractivity (Wildman–Crippen MR) is 67.5 cm³/mol. The third kappa shape index (κ3) is 3.84. The van der Waals surface area contributed by atoms with Gasteiger partial charge in [-0.1, -0.05) is 0 Å². The molecule has 0 spiro atoms. The van der Waals surface area contributed by atoms with Crippen LogP contribution in [0.1, 0.15) is 31.6 Å². The van der Waals surface area contributed by atoms with Crippen LogP contribution in [0.25, 0.3) is 0 Å². The summed E-state index contributed by atoms with van der Waals surface area (Å²) in [5, 5.41) is 12.4. The summed E-state index contributed by atoms with van der Waals surface area (Å²) in [4.78, 5) is 6.20. The van der Waals surface area contributed by atoms with Gasteiger partial charge in [0.25, 0.3) is 0 Å². The van der Waals surface area contributed by atoms with Crippen molar-refractivity contribution in [2.75, 3.05) is 27.2 Å². The van der Waals surface area contributed by atoms with Gasteiger partial charge in [0.15, 0.2) is 0 Å². The molecule has 0 aliphatic heterocycles. The third-order valence-electron chi connectivity index (χ3n) is 2.58. The van der Waals surface area contributed by atoms with E-state index in [4.69, 9.17) is 0 Å². The van der Waals surface area contributed by atoms with E-state index in [0.717, 1.165) is 18.8 Å². The molecule has 0 aliphatic carbocycles. The SMILES string of the molecule is CC(C)n1cncc1C(C#N)NCCN(C)C. The summed E-state index contributed by atoms with van der Waals surface area (Å²) in [5.41, 5.74) is 0.932. The molecule has 1 atom stereocenters. The first-order chi connectivity index (χ1) is 8.06. The van der Waals surface area contributed by atoms with Gasteiger partial charge in [-0.15, -0.1) is 0 Å². The highest BCUT2D eigenvalue weighted by Crippen LogP contribution is 2.16. The molecule has 5 heteroatoms. The highest BCUT2D eigenvalue weighted by atomic mass is 15.1. The Hall–Kier alpha value is -1.38. The van der Waals surface area contributed by atoms with Crippen LogP contribution in [-0.2, 0) is 0 Å². The molecule has 1 unspecified atom stereocenters. The predicted octanol–water partition coefficient (Wildman–Crippen LogP) is 1.18. The first-order valence-corrected chi connectivity index (χ1v) is 5.85. The zero-order valence-corrected chi connectivity index (χ0v) is 11.0. The van der Waals surface area contributed by atoms with Gasteiger partial charge in [0.1, 0.15) is 6.04 Å². The van der Waals surface area contributed by atoms with Crippen LogP contribution in [0.3, 0.4) is 0 Å². The lowest BCUT2D eigenvalue weighted by Gasteiger charge is -2.17. The van der Waals surface area contributed by atoms with Gasteiger partial charge in [-0.05, 0) is 27.9 Å². The lowest BCUT2D eigenvalue weighted by Crippen LogP contribution is -2.30. The number of rotatable bonds is 6. The van der Waals surface area contributed by atoms with Crippen LogP contribution in [0.5, 0.6) is 0 Å². The molecule has 0 saturated heterocycles. The first kappa shape index (κ1) is 13.7. The maximum Gasteiger partial charge on any atom is 0.138 e. The quantitative estimate of drug-likeness (QED) is 0.804. The lowest BCUT2D eigenvalue weighted by atomic mass is 10.2. The molecule has 94 valence electrons. The van der Waals surface area contributed by atoms with Crippen molar-refractivity contribution in [3.63, 3.8) is 0 Å². The number of nitriles is 1. The van der Waals surface area contributed by atoms with E-state index in [1.807, 2.05) is 18.7 Å². The number of aromatic nitrogens is 2. The largest absolute Gasteiger partial charge is 0.330 e. The van der Waals surface area contributed by atoms with E-state index in [0.29, 0.717) is 6.04 Å². The Balaban J connectivity index is 2.67. The minimum absolute atomic E-state index is 0.292. The Bertz CT molecular complexity index is 374. The molecular weight excluding hydrogens is 214 g/mol. The van der Waals surface area contributed by atoms with Gasteiger partial charge >= 0.3 is 0 Å². The molecule has 1 heterocycles. The number of imidazole rings is 1. The summed E-state index contributed by atoms with van der Waals surface area (Å²) in [6.45, 7) is 5.86. The summed E-state index contributed by atoms with van der Waals surface area (Å²) in [7, 11) is 4.03. The molecular formula is C12H21N5. The summed E-state index contributed by atoms with van der Waals surface area (Å²) in [6, 6.07) is 2.31. The topological polar surface area (TPSA) is 56.9 Å². The zero-order chi connectivity index (χ0) is 12.8. The number of nitrogens with zero attached hydrogens (tertiary/aromatic N) is 4. The first-order valence-electron chi connectivity index (χ1n) is 5.85. The summed E-state index contributed by atoms with van der Waals surface area (Å²) in [5.74, 6) is 0. The maximum atomic E-state index is 9.20. The molecule has 1 N–H and O–H groups in total. The highest BCUT2D eigenvalue weighted by molar-refractivity contribution is 5.14. The summed E-state index contributed by atoms with van der Waals surface area (Å²) < 4.78 is 2.02. The van der Waals surface area contributed by atoms with Crippen LogP contribution in [0.15, 0.2) is 12.5 Å². The van der Waals surface area contributed by atoms with E-state index in [1.54, 1.807) is 12.5 Å². The molecule has 0 aliphatic rings. The second-order valence-corrected chi connectivity index (χ2v) is 4.64. The molecule has 1 aromatic heterocycles. The van der Waals surface area contributed by atoms with Crippen molar-refractivity contribution < 1.29 is 0 Å². The van der Waals surface area contributed by atoms with Gasteiger partial charge in [0.05, 0.1) is 24.3 Å². The van der Waals surface area contributed by atoms with E-state index >= 15 is 0 Å². The number of likely N-dealkylation sites (N-methyl/N-ethyl adjacent to an activating group) is 1. The van der Waals surface area contributed by atoms with Crippen molar-refractivity contribution in [2.24, 2.45) is 0 Å². The number of hydrogen-bond acceptors (Lipinski definition) is 4. The van der Waals surface area contributed by atoms with Crippen molar-refractivity contribution in [1.29, 1.82) is 5.26 Å². The second-order valence-electron chi connectivity index (χ2n) is 4.64. The van der Waals surface area contributed by atoms with Gasteiger partial charge in [-0.2, -0.15) is 5.26 Å². The Kier molecular flexibility index (Phi) is 5.13. The van der Waals surface area contributed by atoms with Crippen LogP contribution >= 0.6 is 0 Å². The van der Waals surface area contributed by atoms with Gasteiger partial charge in [-0.3, -0.25) is 5.32 Å². The fourth-order valence-electron chi connectivity index (χ4n) is 1.62. The normalized spacial score (nSPS) is 13.0. The van der Waals surface area contributed by atoms with Crippen LogP contribution in [-0.4, -0.2) is 41.6 Å². The van der Waals surface area contributed by atoms with Crippen LogP contribution < -0.4 is 5.32 Å². The van der Waals surface area contributed by atoms with E-state index in [9.17, 15) is 5.26 Å². The zero-order valence-electron chi connectivity index (χ0n) is 11.0.